The first-order chi connectivity index (χ1) is 10.9. The predicted octanol–water partition coefficient (Wildman–Crippen LogP) is 2.90. The number of aliphatic hydroxyl groups excluding tert-OH is 2. The second-order valence-electron chi connectivity index (χ2n) is 6.97. The van der Waals surface area contributed by atoms with Gasteiger partial charge in [0.25, 0.3) is 0 Å². The fourth-order valence-electron chi connectivity index (χ4n) is 3.56. The van der Waals surface area contributed by atoms with E-state index in [1.165, 1.54) is 17.2 Å². The number of aliphatic hydroxyl groups is 2. The maximum Gasteiger partial charge on any atom is 0.127 e. The van der Waals surface area contributed by atoms with Crippen molar-refractivity contribution in [2.45, 2.75) is 39.2 Å². The van der Waals surface area contributed by atoms with Gasteiger partial charge in [0, 0.05) is 11.8 Å². The van der Waals surface area contributed by atoms with Crippen LogP contribution in [-0.2, 0) is 17.6 Å². The molecule has 0 fully saturated rings. The third kappa shape index (κ3) is 3.19. The van der Waals surface area contributed by atoms with Crippen molar-refractivity contribution >= 4 is 0 Å². The smallest absolute Gasteiger partial charge is 0.127 e. The third-order valence-electron chi connectivity index (χ3n) is 4.76. The highest BCUT2D eigenvalue weighted by Crippen LogP contribution is 2.44. The summed E-state index contributed by atoms with van der Waals surface area (Å²) in [7, 11) is 0. The molecule has 4 heteroatoms. The quantitative estimate of drug-likeness (QED) is 0.839. The van der Waals surface area contributed by atoms with Gasteiger partial charge in [-0.1, -0.05) is 37.1 Å². The minimum atomic E-state index is -0.865. The van der Waals surface area contributed by atoms with Crippen molar-refractivity contribution in [2.24, 2.45) is 5.41 Å². The van der Waals surface area contributed by atoms with Gasteiger partial charge in [-0.15, -0.1) is 0 Å². The van der Waals surface area contributed by atoms with Crippen LogP contribution in [0.2, 0.25) is 0 Å². The molecule has 0 saturated heterocycles. The van der Waals surface area contributed by atoms with Crippen LogP contribution in [-0.4, -0.2) is 29.5 Å². The lowest BCUT2D eigenvalue weighted by atomic mass is 9.69. The predicted molar refractivity (Wildman–Crippen MR) is 86.4 cm³/mol. The Kier molecular flexibility index (Phi) is 4.30. The number of rotatable bonds is 4. The van der Waals surface area contributed by atoms with Crippen LogP contribution in [0.1, 0.15) is 31.4 Å². The SMILES string of the molecule is CC1(C)C=C(OC[C@H](O)CO)CC2=C1Cc1c(F)cccc1C2. The number of allylic oxidation sites excluding steroid dienone is 3. The monoisotopic (exact) mass is 318 g/mol. The van der Waals surface area contributed by atoms with E-state index in [4.69, 9.17) is 9.84 Å². The summed E-state index contributed by atoms with van der Waals surface area (Å²) in [4.78, 5) is 0. The molecule has 0 spiro atoms. The summed E-state index contributed by atoms with van der Waals surface area (Å²) in [6, 6.07) is 5.28. The van der Waals surface area contributed by atoms with Crippen LogP contribution in [0.5, 0.6) is 0 Å². The lowest BCUT2D eigenvalue weighted by molar-refractivity contribution is 0.0278. The molecule has 124 valence electrons. The Balaban J connectivity index is 1.83. The van der Waals surface area contributed by atoms with Crippen molar-refractivity contribution in [3.05, 3.63) is 58.1 Å². The number of ether oxygens (including phenoxy) is 1. The van der Waals surface area contributed by atoms with E-state index in [0.29, 0.717) is 12.8 Å². The number of hydrogen-bond acceptors (Lipinski definition) is 3. The number of fused-ring (bicyclic) bond motifs is 1. The second-order valence-corrected chi connectivity index (χ2v) is 6.97. The third-order valence-corrected chi connectivity index (χ3v) is 4.76. The minimum absolute atomic E-state index is 0.0895. The van der Waals surface area contributed by atoms with Crippen LogP contribution in [0.3, 0.4) is 0 Å². The van der Waals surface area contributed by atoms with Crippen molar-refractivity contribution < 1.29 is 19.3 Å². The van der Waals surface area contributed by atoms with Gasteiger partial charge in [-0.05, 0) is 36.1 Å². The highest BCUT2D eigenvalue weighted by Gasteiger charge is 2.34. The highest BCUT2D eigenvalue weighted by atomic mass is 19.1. The fraction of sp³-hybridized carbons (Fsp3) is 0.474. The van der Waals surface area contributed by atoms with Crippen LogP contribution in [0, 0.1) is 11.2 Å². The zero-order valence-corrected chi connectivity index (χ0v) is 13.6. The van der Waals surface area contributed by atoms with Crippen molar-refractivity contribution in [1.29, 1.82) is 0 Å². The van der Waals surface area contributed by atoms with Crippen LogP contribution in [0.25, 0.3) is 0 Å². The molecule has 0 unspecified atom stereocenters. The van der Waals surface area contributed by atoms with Crippen LogP contribution in [0.15, 0.2) is 41.2 Å². The Labute approximate surface area is 136 Å². The topological polar surface area (TPSA) is 49.7 Å². The van der Waals surface area contributed by atoms with Crippen LogP contribution in [0.4, 0.5) is 4.39 Å². The molecule has 0 saturated carbocycles. The zero-order valence-electron chi connectivity index (χ0n) is 13.6. The first kappa shape index (κ1) is 16.2. The molecule has 2 aliphatic rings. The molecule has 0 radical (unpaired) electrons. The molecule has 0 bridgehead atoms. The highest BCUT2D eigenvalue weighted by molar-refractivity contribution is 5.47. The van der Waals surface area contributed by atoms with Gasteiger partial charge in [0.15, 0.2) is 0 Å². The summed E-state index contributed by atoms with van der Waals surface area (Å²) in [5.41, 5.74) is 4.21. The fourth-order valence-corrected chi connectivity index (χ4v) is 3.56. The summed E-state index contributed by atoms with van der Waals surface area (Å²) in [6.45, 7) is 4.00. The molecule has 2 aliphatic carbocycles. The Morgan fingerprint density at radius 1 is 1.26 bits per heavy atom. The molecule has 0 aromatic heterocycles. The lowest BCUT2D eigenvalue weighted by Crippen LogP contribution is -2.27. The molecule has 1 aromatic carbocycles. The molecule has 0 aliphatic heterocycles. The van der Waals surface area contributed by atoms with E-state index in [-0.39, 0.29) is 24.4 Å². The lowest BCUT2D eigenvalue weighted by Gasteiger charge is -2.37. The standard InChI is InChI=1S/C19H23FO3/c1-19(2)9-15(23-11-14(22)10-21)7-13-6-12-4-3-5-18(20)16(12)8-17(13)19/h3-5,9,14,21-22H,6-8,10-11H2,1-2H3/t14-/m1/s1. The summed E-state index contributed by atoms with van der Waals surface area (Å²) < 4.78 is 19.8. The van der Waals surface area contributed by atoms with E-state index in [9.17, 15) is 9.50 Å². The summed E-state index contributed by atoms with van der Waals surface area (Å²) in [5.74, 6) is 0.697. The van der Waals surface area contributed by atoms with Gasteiger partial charge in [0.05, 0.1) is 12.4 Å². The van der Waals surface area contributed by atoms with Crippen LogP contribution >= 0.6 is 0 Å². The van der Waals surface area contributed by atoms with E-state index in [0.717, 1.165) is 23.3 Å². The first-order valence-corrected chi connectivity index (χ1v) is 8.02. The van der Waals surface area contributed by atoms with Gasteiger partial charge in [0.1, 0.15) is 18.5 Å². The normalized spacial score (nSPS) is 20.5. The van der Waals surface area contributed by atoms with Crippen molar-refractivity contribution in [3.63, 3.8) is 0 Å². The van der Waals surface area contributed by atoms with Gasteiger partial charge in [-0.3, -0.25) is 0 Å². The number of halogens is 1. The molecule has 0 amide bonds. The zero-order chi connectivity index (χ0) is 16.6. The molecule has 1 aromatic rings. The van der Waals surface area contributed by atoms with E-state index in [1.54, 1.807) is 6.07 Å². The summed E-state index contributed by atoms with van der Waals surface area (Å²) in [5, 5.41) is 18.4. The Morgan fingerprint density at radius 3 is 2.78 bits per heavy atom. The van der Waals surface area contributed by atoms with E-state index in [2.05, 4.69) is 19.9 Å². The molecular weight excluding hydrogens is 295 g/mol. The minimum Gasteiger partial charge on any atom is -0.495 e. The van der Waals surface area contributed by atoms with Gasteiger partial charge >= 0.3 is 0 Å². The van der Waals surface area contributed by atoms with Gasteiger partial charge < -0.3 is 14.9 Å². The van der Waals surface area contributed by atoms with Gasteiger partial charge in [-0.25, -0.2) is 4.39 Å². The number of hydrogen-bond donors (Lipinski definition) is 2. The average molecular weight is 318 g/mol. The van der Waals surface area contributed by atoms with Crippen LogP contribution < -0.4 is 0 Å². The van der Waals surface area contributed by atoms with Crippen molar-refractivity contribution in [1.82, 2.24) is 0 Å². The summed E-state index contributed by atoms with van der Waals surface area (Å²) >= 11 is 0. The van der Waals surface area contributed by atoms with E-state index < -0.39 is 6.10 Å². The largest absolute Gasteiger partial charge is 0.495 e. The molecule has 0 heterocycles. The maximum atomic E-state index is 14.1. The molecular formula is C19H23FO3. The van der Waals surface area contributed by atoms with Gasteiger partial charge in [0.2, 0.25) is 0 Å². The molecule has 3 rings (SSSR count). The molecule has 23 heavy (non-hydrogen) atoms. The van der Waals surface area contributed by atoms with Crippen molar-refractivity contribution in [3.8, 4) is 0 Å². The molecule has 1 atom stereocenters. The van der Waals surface area contributed by atoms with Gasteiger partial charge in [-0.2, -0.15) is 0 Å². The molecule has 2 N–H and O–H groups in total. The number of benzene rings is 1. The average Bonchev–Trinajstić information content (AvgIpc) is 2.51. The molecule has 3 nitrogen and oxygen atoms in total. The Bertz CT molecular complexity index is 673. The maximum absolute atomic E-state index is 14.1. The first-order valence-electron chi connectivity index (χ1n) is 8.02. The van der Waals surface area contributed by atoms with E-state index in [1.807, 2.05) is 6.07 Å². The summed E-state index contributed by atoms with van der Waals surface area (Å²) in [6.07, 6.45) is 3.27. The van der Waals surface area contributed by atoms with E-state index >= 15 is 0 Å². The Hall–Kier alpha value is -1.65. The Morgan fingerprint density at radius 2 is 2.04 bits per heavy atom. The van der Waals surface area contributed by atoms with Crippen molar-refractivity contribution in [2.75, 3.05) is 13.2 Å². The second kappa shape index (κ2) is 6.10.